The van der Waals surface area contributed by atoms with E-state index in [4.69, 9.17) is 0 Å². The molecule has 0 atom stereocenters. The highest BCUT2D eigenvalue weighted by molar-refractivity contribution is 5.92. The first-order chi connectivity index (χ1) is 6.20. The van der Waals surface area contributed by atoms with Crippen LogP contribution in [0, 0.1) is 0 Å². The van der Waals surface area contributed by atoms with Crippen LogP contribution in [0.3, 0.4) is 0 Å². The molecule has 0 radical (unpaired) electrons. The molecule has 0 spiro atoms. The Labute approximate surface area is 76.8 Å². The van der Waals surface area contributed by atoms with Gasteiger partial charge in [0.2, 0.25) is 0 Å². The second kappa shape index (κ2) is 2.87. The average Bonchev–Trinajstić information content (AvgIpc) is 2.53. The third kappa shape index (κ3) is 1.56. The molecule has 2 rings (SSSR count). The van der Waals surface area contributed by atoms with Crippen molar-refractivity contribution in [2.45, 2.75) is 31.7 Å². The van der Waals surface area contributed by atoms with E-state index in [-0.39, 0.29) is 11.4 Å². The SMILES string of the molecule is CC1(NC(=O)c2cnc[nH]2)CCC1. The number of aromatic amines is 1. The summed E-state index contributed by atoms with van der Waals surface area (Å²) in [6.45, 7) is 2.07. The van der Waals surface area contributed by atoms with Crippen LogP contribution < -0.4 is 5.32 Å². The maximum absolute atomic E-state index is 11.5. The van der Waals surface area contributed by atoms with Crippen LogP contribution in [0.25, 0.3) is 0 Å². The van der Waals surface area contributed by atoms with Crippen molar-refractivity contribution in [2.24, 2.45) is 0 Å². The summed E-state index contributed by atoms with van der Waals surface area (Å²) < 4.78 is 0. The summed E-state index contributed by atoms with van der Waals surface area (Å²) in [7, 11) is 0. The topological polar surface area (TPSA) is 57.8 Å². The monoisotopic (exact) mass is 179 g/mol. The minimum Gasteiger partial charge on any atom is -0.346 e. The minimum atomic E-state index is -0.0558. The number of H-pyrrole nitrogens is 1. The number of amides is 1. The molecule has 1 heterocycles. The predicted octanol–water partition coefficient (Wildman–Crippen LogP) is 1.08. The highest BCUT2D eigenvalue weighted by Gasteiger charge is 2.33. The molecular formula is C9H13N3O. The van der Waals surface area contributed by atoms with Crippen LogP contribution >= 0.6 is 0 Å². The molecule has 0 unspecified atom stereocenters. The molecule has 1 aliphatic rings. The zero-order valence-electron chi connectivity index (χ0n) is 7.63. The zero-order chi connectivity index (χ0) is 9.31. The highest BCUT2D eigenvalue weighted by Crippen LogP contribution is 2.30. The van der Waals surface area contributed by atoms with E-state index in [9.17, 15) is 4.79 Å². The van der Waals surface area contributed by atoms with Crippen molar-refractivity contribution < 1.29 is 4.79 Å². The van der Waals surface area contributed by atoms with Gasteiger partial charge >= 0.3 is 0 Å². The Morgan fingerprint density at radius 3 is 2.92 bits per heavy atom. The van der Waals surface area contributed by atoms with Crippen molar-refractivity contribution in [2.75, 3.05) is 0 Å². The fourth-order valence-electron chi connectivity index (χ4n) is 1.55. The summed E-state index contributed by atoms with van der Waals surface area (Å²) in [6.07, 6.45) is 6.41. The van der Waals surface area contributed by atoms with Gasteiger partial charge in [0.05, 0.1) is 12.5 Å². The molecule has 0 aromatic carbocycles. The molecule has 4 nitrogen and oxygen atoms in total. The van der Waals surface area contributed by atoms with Crippen molar-refractivity contribution in [3.05, 3.63) is 18.2 Å². The van der Waals surface area contributed by atoms with Crippen LogP contribution in [0.4, 0.5) is 0 Å². The molecule has 1 aromatic rings. The number of imidazole rings is 1. The number of nitrogens with zero attached hydrogens (tertiary/aromatic N) is 1. The largest absolute Gasteiger partial charge is 0.346 e. The second-order valence-corrected chi connectivity index (χ2v) is 3.83. The highest BCUT2D eigenvalue weighted by atomic mass is 16.2. The first-order valence-corrected chi connectivity index (χ1v) is 4.50. The number of hydrogen-bond donors (Lipinski definition) is 2. The molecule has 13 heavy (non-hydrogen) atoms. The Morgan fingerprint density at radius 1 is 1.69 bits per heavy atom. The lowest BCUT2D eigenvalue weighted by Gasteiger charge is -2.38. The second-order valence-electron chi connectivity index (χ2n) is 3.83. The molecule has 1 aliphatic carbocycles. The Morgan fingerprint density at radius 2 is 2.46 bits per heavy atom. The summed E-state index contributed by atoms with van der Waals surface area (Å²) in [5.74, 6) is -0.0558. The third-order valence-electron chi connectivity index (χ3n) is 2.62. The van der Waals surface area contributed by atoms with Crippen LogP contribution in [0.2, 0.25) is 0 Å². The number of nitrogens with one attached hydrogen (secondary N) is 2. The number of carbonyl (C=O) groups excluding carboxylic acids is 1. The predicted molar refractivity (Wildman–Crippen MR) is 48.3 cm³/mol. The first-order valence-electron chi connectivity index (χ1n) is 4.50. The number of rotatable bonds is 2. The maximum Gasteiger partial charge on any atom is 0.269 e. The Balaban J connectivity index is 1.99. The van der Waals surface area contributed by atoms with Gasteiger partial charge in [0.1, 0.15) is 5.69 Å². The fraction of sp³-hybridized carbons (Fsp3) is 0.556. The van der Waals surface area contributed by atoms with E-state index in [1.54, 1.807) is 0 Å². The van der Waals surface area contributed by atoms with E-state index >= 15 is 0 Å². The standard InChI is InChI=1S/C9H13N3O/c1-9(3-2-4-9)12-8(13)7-5-10-6-11-7/h5-6H,2-4H2,1H3,(H,10,11)(H,12,13). The van der Waals surface area contributed by atoms with E-state index < -0.39 is 0 Å². The number of hydrogen-bond acceptors (Lipinski definition) is 2. The van der Waals surface area contributed by atoms with Gasteiger partial charge in [-0.3, -0.25) is 4.79 Å². The van der Waals surface area contributed by atoms with Gasteiger partial charge in [-0.15, -0.1) is 0 Å². The van der Waals surface area contributed by atoms with Crippen molar-refractivity contribution in [1.82, 2.24) is 15.3 Å². The molecule has 1 aromatic heterocycles. The molecule has 2 N–H and O–H groups in total. The summed E-state index contributed by atoms with van der Waals surface area (Å²) in [5.41, 5.74) is 0.551. The minimum absolute atomic E-state index is 0.0161. The van der Waals surface area contributed by atoms with E-state index in [0.717, 1.165) is 12.8 Å². The van der Waals surface area contributed by atoms with Crippen LogP contribution in [-0.2, 0) is 0 Å². The summed E-state index contributed by atoms with van der Waals surface area (Å²) in [5, 5.41) is 2.98. The molecule has 0 bridgehead atoms. The van der Waals surface area contributed by atoms with Gasteiger partial charge in [-0.05, 0) is 26.2 Å². The van der Waals surface area contributed by atoms with Crippen LogP contribution in [-0.4, -0.2) is 21.4 Å². The number of aromatic nitrogens is 2. The lowest BCUT2D eigenvalue weighted by atomic mass is 9.78. The van der Waals surface area contributed by atoms with Gasteiger partial charge in [-0.2, -0.15) is 0 Å². The normalized spacial score (nSPS) is 19.2. The van der Waals surface area contributed by atoms with Crippen molar-refractivity contribution in [3.8, 4) is 0 Å². The lowest BCUT2D eigenvalue weighted by Crippen LogP contribution is -2.51. The quantitative estimate of drug-likeness (QED) is 0.713. The molecular weight excluding hydrogens is 166 g/mol. The summed E-state index contributed by atoms with van der Waals surface area (Å²) in [6, 6.07) is 0. The van der Waals surface area contributed by atoms with Gasteiger partial charge in [-0.25, -0.2) is 4.98 Å². The van der Waals surface area contributed by atoms with Crippen molar-refractivity contribution in [3.63, 3.8) is 0 Å². The Kier molecular flexibility index (Phi) is 1.83. The lowest BCUT2D eigenvalue weighted by molar-refractivity contribution is 0.0846. The van der Waals surface area contributed by atoms with Gasteiger partial charge in [0, 0.05) is 5.54 Å². The van der Waals surface area contributed by atoms with Crippen LogP contribution in [0.15, 0.2) is 12.5 Å². The van der Waals surface area contributed by atoms with Gasteiger partial charge in [0.25, 0.3) is 5.91 Å². The molecule has 4 heteroatoms. The van der Waals surface area contributed by atoms with Gasteiger partial charge in [-0.1, -0.05) is 0 Å². The van der Waals surface area contributed by atoms with Crippen molar-refractivity contribution >= 4 is 5.91 Å². The van der Waals surface area contributed by atoms with E-state index in [2.05, 4.69) is 22.2 Å². The third-order valence-corrected chi connectivity index (χ3v) is 2.62. The average molecular weight is 179 g/mol. The maximum atomic E-state index is 11.5. The zero-order valence-corrected chi connectivity index (χ0v) is 7.63. The molecule has 1 saturated carbocycles. The van der Waals surface area contributed by atoms with E-state index in [1.165, 1.54) is 18.9 Å². The Bertz CT molecular complexity index is 301. The van der Waals surface area contributed by atoms with E-state index in [0.29, 0.717) is 5.69 Å². The van der Waals surface area contributed by atoms with E-state index in [1.807, 2.05) is 0 Å². The smallest absolute Gasteiger partial charge is 0.269 e. The molecule has 70 valence electrons. The molecule has 1 fully saturated rings. The van der Waals surface area contributed by atoms with Crippen molar-refractivity contribution in [1.29, 1.82) is 0 Å². The van der Waals surface area contributed by atoms with Gasteiger partial charge in [0.15, 0.2) is 0 Å². The Hall–Kier alpha value is -1.32. The number of carbonyl (C=O) groups is 1. The first kappa shape index (κ1) is 8.29. The molecule has 0 saturated heterocycles. The molecule has 0 aliphatic heterocycles. The summed E-state index contributed by atoms with van der Waals surface area (Å²) >= 11 is 0. The molecule has 1 amide bonds. The summed E-state index contributed by atoms with van der Waals surface area (Å²) in [4.78, 5) is 18.1. The van der Waals surface area contributed by atoms with Crippen LogP contribution in [0.5, 0.6) is 0 Å². The van der Waals surface area contributed by atoms with Gasteiger partial charge < -0.3 is 10.3 Å². The van der Waals surface area contributed by atoms with Crippen LogP contribution in [0.1, 0.15) is 36.7 Å². The fourth-order valence-corrected chi connectivity index (χ4v) is 1.55.